The number of hydrogen-bond acceptors (Lipinski definition) is 5. The fourth-order valence-corrected chi connectivity index (χ4v) is 2.57. The average molecular weight is 315 g/mol. The lowest BCUT2D eigenvalue weighted by Crippen LogP contribution is -2.56. The van der Waals surface area contributed by atoms with E-state index in [1.54, 1.807) is 0 Å². The van der Waals surface area contributed by atoms with Gasteiger partial charge in [-0.25, -0.2) is 0 Å². The normalized spacial score (nSPS) is 24.1. The minimum atomic E-state index is -1.26. The first-order valence-corrected chi connectivity index (χ1v) is 7.54. The first-order valence-electron chi connectivity index (χ1n) is 7.54. The second kappa shape index (κ2) is 8.70. The molecule has 4 atom stereocenters. The molecule has 1 aliphatic carbocycles. The van der Waals surface area contributed by atoms with Crippen LogP contribution in [0.2, 0.25) is 0 Å². The summed E-state index contributed by atoms with van der Waals surface area (Å²) in [5, 5.41) is 23.0. The molecular formula is C14H25N3O5. The predicted octanol–water partition coefficient (Wildman–Crippen LogP) is -1.04. The number of carbonyl (C=O) groups excluding carboxylic acids is 2. The van der Waals surface area contributed by atoms with Crippen LogP contribution >= 0.6 is 0 Å². The number of aliphatic hydroxyl groups excluding tert-OH is 1. The van der Waals surface area contributed by atoms with Crippen LogP contribution in [0.25, 0.3) is 0 Å². The van der Waals surface area contributed by atoms with E-state index in [9.17, 15) is 19.5 Å². The number of carbonyl (C=O) groups is 3. The van der Waals surface area contributed by atoms with Gasteiger partial charge in [-0.15, -0.1) is 0 Å². The van der Waals surface area contributed by atoms with Gasteiger partial charge < -0.3 is 26.6 Å². The second-order valence-electron chi connectivity index (χ2n) is 5.82. The maximum atomic E-state index is 12.1. The van der Waals surface area contributed by atoms with Crippen LogP contribution < -0.4 is 16.4 Å². The van der Waals surface area contributed by atoms with Crippen molar-refractivity contribution in [2.75, 3.05) is 6.61 Å². The van der Waals surface area contributed by atoms with Crippen molar-refractivity contribution in [2.24, 2.45) is 11.7 Å². The minimum Gasteiger partial charge on any atom is -0.481 e. The van der Waals surface area contributed by atoms with Crippen molar-refractivity contribution in [3.8, 4) is 0 Å². The van der Waals surface area contributed by atoms with Crippen LogP contribution in [0.1, 0.15) is 39.0 Å². The van der Waals surface area contributed by atoms with Gasteiger partial charge in [-0.2, -0.15) is 0 Å². The third-order valence-corrected chi connectivity index (χ3v) is 3.99. The van der Waals surface area contributed by atoms with Gasteiger partial charge >= 0.3 is 5.97 Å². The van der Waals surface area contributed by atoms with Crippen molar-refractivity contribution in [3.63, 3.8) is 0 Å². The molecule has 0 aromatic rings. The molecule has 1 saturated carbocycles. The van der Waals surface area contributed by atoms with E-state index in [0.29, 0.717) is 5.92 Å². The molecule has 22 heavy (non-hydrogen) atoms. The number of nitrogens with one attached hydrogen (secondary N) is 2. The molecule has 0 aromatic carbocycles. The maximum Gasteiger partial charge on any atom is 0.305 e. The number of hydrogen-bond donors (Lipinski definition) is 5. The molecule has 0 saturated heterocycles. The van der Waals surface area contributed by atoms with Crippen LogP contribution in [0.4, 0.5) is 0 Å². The Hall–Kier alpha value is -1.67. The summed E-state index contributed by atoms with van der Waals surface area (Å²) in [7, 11) is 0. The topological polar surface area (TPSA) is 142 Å². The molecule has 8 heteroatoms. The van der Waals surface area contributed by atoms with Gasteiger partial charge in [-0.1, -0.05) is 19.8 Å². The van der Waals surface area contributed by atoms with Crippen molar-refractivity contribution in [2.45, 2.75) is 57.2 Å². The summed E-state index contributed by atoms with van der Waals surface area (Å²) in [6.07, 6.45) is 3.54. The highest BCUT2D eigenvalue weighted by Crippen LogP contribution is 2.23. The van der Waals surface area contributed by atoms with Gasteiger partial charge in [-0.3, -0.25) is 14.4 Å². The molecule has 1 aliphatic rings. The van der Waals surface area contributed by atoms with Crippen molar-refractivity contribution in [3.05, 3.63) is 0 Å². The van der Waals surface area contributed by atoms with Gasteiger partial charge in [0, 0.05) is 6.04 Å². The summed E-state index contributed by atoms with van der Waals surface area (Å²) in [6, 6.07) is -2.35. The standard InChI is InChI=1S/C14H25N3O5/c1-8-4-2-3-5-10(8)16-14(22)11(7-18)17-13(21)9(15)6-12(19)20/h8-11,18H,2-7,15H2,1H3,(H,16,22)(H,17,21)(H,19,20)/t8-,9+,10-,11-/m1/s1. The van der Waals surface area contributed by atoms with E-state index in [2.05, 4.69) is 17.6 Å². The Bertz CT molecular complexity index is 415. The van der Waals surface area contributed by atoms with E-state index in [0.717, 1.165) is 25.7 Å². The summed E-state index contributed by atoms with van der Waals surface area (Å²) in [5.41, 5.74) is 5.42. The summed E-state index contributed by atoms with van der Waals surface area (Å²) >= 11 is 0. The van der Waals surface area contributed by atoms with Gasteiger partial charge in [0.1, 0.15) is 6.04 Å². The average Bonchev–Trinajstić information content (AvgIpc) is 2.45. The first-order chi connectivity index (χ1) is 10.3. The quantitative estimate of drug-likeness (QED) is 0.406. The van der Waals surface area contributed by atoms with Gasteiger partial charge in [0.05, 0.1) is 19.1 Å². The minimum absolute atomic E-state index is 0.0277. The highest BCUT2D eigenvalue weighted by Gasteiger charge is 2.28. The molecular weight excluding hydrogens is 290 g/mol. The largest absolute Gasteiger partial charge is 0.481 e. The Morgan fingerprint density at radius 2 is 1.86 bits per heavy atom. The molecule has 1 fully saturated rings. The van der Waals surface area contributed by atoms with Crippen LogP contribution in [0, 0.1) is 5.92 Å². The lowest BCUT2D eigenvalue weighted by atomic mass is 9.86. The molecule has 0 bridgehead atoms. The van der Waals surface area contributed by atoms with E-state index in [4.69, 9.17) is 10.8 Å². The lowest BCUT2D eigenvalue weighted by molar-refractivity contribution is -0.139. The van der Waals surface area contributed by atoms with E-state index in [-0.39, 0.29) is 6.04 Å². The number of amides is 2. The molecule has 0 aromatic heterocycles. The van der Waals surface area contributed by atoms with E-state index >= 15 is 0 Å². The molecule has 0 spiro atoms. The van der Waals surface area contributed by atoms with Crippen molar-refractivity contribution >= 4 is 17.8 Å². The van der Waals surface area contributed by atoms with Gasteiger partial charge in [0.2, 0.25) is 11.8 Å². The third-order valence-electron chi connectivity index (χ3n) is 3.99. The van der Waals surface area contributed by atoms with E-state index < -0.39 is 42.9 Å². The Morgan fingerprint density at radius 3 is 2.41 bits per heavy atom. The molecule has 2 amide bonds. The Labute approximate surface area is 129 Å². The summed E-state index contributed by atoms with van der Waals surface area (Å²) < 4.78 is 0. The molecule has 0 aliphatic heterocycles. The smallest absolute Gasteiger partial charge is 0.305 e. The lowest BCUT2D eigenvalue weighted by Gasteiger charge is -2.31. The van der Waals surface area contributed by atoms with Crippen LogP contribution in [-0.2, 0) is 14.4 Å². The van der Waals surface area contributed by atoms with Gasteiger partial charge in [0.25, 0.3) is 0 Å². The SMILES string of the molecule is C[C@@H]1CCCC[C@H]1NC(=O)[C@@H](CO)NC(=O)[C@@H](N)CC(=O)O. The van der Waals surface area contributed by atoms with Crippen molar-refractivity contribution in [1.82, 2.24) is 10.6 Å². The van der Waals surface area contributed by atoms with Crippen molar-refractivity contribution < 1.29 is 24.6 Å². The number of aliphatic carboxylic acids is 1. The Morgan fingerprint density at radius 1 is 1.23 bits per heavy atom. The zero-order valence-electron chi connectivity index (χ0n) is 12.7. The molecule has 1 rings (SSSR count). The third kappa shape index (κ3) is 5.61. The van der Waals surface area contributed by atoms with E-state index in [1.807, 2.05) is 0 Å². The fourth-order valence-electron chi connectivity index (χ4n) is 2.57. The maximum absolute atomic E-state index is 12.1. The fraction of sp³-hybridized carbons (Fsp3) is 0.786. The molecule has 0 unspecified atom stereocenters. The number of carboxylic acid groups (broad SMARTS) is 1. The summed E-state index contributed by atoms with van der Waals surface area (Å²) in [6.45, 7) is 1.48. The van der Waals surface area contributed by atoms with Gasteiger partial charge in [-0.05, 0) is 18.8 Å². The number of nitrogens with two attached hydrogens (primary N) is 1. The number of aliphatic hydroxyl groups is 1. The Balaban J connectivity index is 2.53. The molecule has 0 radical (unpaired) electrons. The second-order valence-corrected chi connectivity index (χ2v) is 5.82. The zero-order valence-corrected chi connectivity index (χ0v) is 12.7. The summed E-state index contributed by atoms with van der Waals surface area (Å²) in [5.74, 6) is -2.10. The van der Waals surface area contributed by atoms with E-state index in [1.165, 1.54) is 0 Å². The van der Waals surface area contributed by atoms with Crippen LogP contribution in [0.15, 0.2) is 0 Å². The number of rotatable bonds is 7. The first kappa shape index (κ1) is 18.4. The molecule has 6 N–H and O–H groups in total. The zero-order chi connectivity index (χ0) is 16.7. The Kier molecular flexibility index (Phi) is 7.26. The predicted molar refractivity (Wildman–Crippen MR) is 78.8 cm³/mol. The van der Waals surface area contributed by atoms with Crippen molar-refractivity contribution in [1.29, 1.82) is 0 Å². The molecule has 8 nitrogen and oxygen atoms in total. The van der Waals surface area contributed by atoms with Crippen LogP contribution in [-0.4, -0.2) is 52.7 Å². The molecule has 126 valence electrons. The summed E-state index contributed by atoms with van der Waals surface area (Å²) in [4.78, 5) is 34.4. The van der Waals surface area contributed by atoms with Crippen LogP contribution in [0.3, 0.4) is 0 Å². The molecule has 0 heterocycles. The van der Waals surface area contributed by atoms with Crippen LogP contribution in [0.5, 0.6) is 0 Å². The van der Waals surface area contributed by atoms with Gasteiger partial charge in [0.15, 0.2) is 0 Å². The highest BCUT2D eigenvalue weighted by atomic mass is 16.4. The highest BCUT2D eigenvalue weighted by molar-refractivity contribution is 5.91. The monoisotopic (exact) mass is 315 g/mol. The number of carboxylic acids is 1.